The molecule has 3 aromatic rings. The molecule has 1 heterocycles. The first kappa shape index (κ1) is 24.8. The second-order valence-electron chi connectivity index (χ2n) is 9.52. The quantitative estimate of drug-likeness (QED) is 0.497. The standard InChI is InChI=1S/C27H31F3N4O/c1-17-15-20(33(2)3)13-14-21(17)26(35)31-18-9-11-19(12-10-18)34(4)24-16-25(27(28,29)30)32-23-8-6-5-7-22(23)24/h5-8,13-16,18-19H,9-12H2,1-4H3,(H,31,35). The Labute approximate surface area is 203 Å². The van der Waals surface area contributed by atoms with Crippen molar-refractivity contribution in [3.8, 4) is 0 Å². The minimum atomic E-state index is -4.51. The first-order valence-electron chi connectivity index (χ1n) is 11.8. The number of halogens is 3. The van der Waals surface area contributed by atoms with Gasteiger partial charge >= 0.3 is 6.18 Å². The molecule has 0 atom stereocenters. The minimum absolute atomic E-state index is 0.0417. The van der Waals surface area contributed by atoms with Crippen LogP contribution in [-0.4, -0.2) is 44.1 Å². The number of pyridine rings is 1. The molecule has 0 saturated heterocycles. The van der Waals surface area contributed by atoms with Gasteiger partial charge < -0.3 is 15.1 Å². The molecule has 0 bridgehead atoms. The first-order chi connectivity index (χ1) is 16.5. The number of alkyl halides is 3. The van der Waals surface area contributed by atoms with E-state index in [1.165, 1.54) is 0 Å². The fourth-order valence-corrected chi connectivity index (χ4v) is 4.84. The highest BCUT2D eigenvalue weighted by Gasteiger charge is 2.34. The Bertz CT molecular complexity index is 1220. The average molecular weight is 485 g/mol. The number of hydrogen-bond acceptors (Lipinski definition) is 4. The van der Waals surface area contributed by atoms with Gasteiger partial charge in [0.05, 0.1) is 5.52 Å². The lowest BCUT2D eigenvalue weighted by atomic mass is 9.89. The molecule has 1 aromatic heterocycles. The molecule has 5 nitrogen and oxygen atoms in total. The van der Waals surface area contributed by atoms with Crippen molar-refractivity contribution in [2.75, 3.05) is 30.9 Å². The summed E-state index contributed by atoms with van der Waals surface area (Å²) < 4.78 is 40.4. The Hall–Kier alpha value is -3.29. The maximum absolute atomic E-state index is 13.5. The third kappa shape index (κ3) is 5.36. The lowest BCUT2D eigenvalue weighted by molar-refractivity contribution is -0.140. The molecule has 0 radical (unpaired) electrons. The van der Waals surface area contributed by atoms with Gasteiger partial charge in [0.15, 0.2) is 0 Å². The summed E-state index contributed by atoms with van der Waals surface area (Å²) in [6, 6.07) is 14.0. The van der Waals surface area contributed by atoms with E-state index in [0.717, 1.165) is 43.0 Å². The van der Waals surface area contributed by atoms with Gasteiger partial charge in [-0.15, -0.1) is 0 Å². The Balaban J connectivity index is 1.45. The van der Waals surface area contributed by atoms with Crippen molar-refractivity contribution in [3.63, 3.8) is 0 Å². The number of fused-ring (bicyclic) bond motifs is 1. The van der Waals surface area contributed by atoms with E-state index in [4.69, 9.17) is 0 Å². The molecule has 186 valence electrons. The lowest BCUT2D eigenvalue weighted by Gasteiger charge is -2.37. The zero-order chi connectivity index (χ0) is 25.3. The Kier molecular flexibility index (Phi) is 6.92. The third-order valence-electron chi connectivity index (χ3n) is 6.92. The fourth-order valence-electron chi connectivity index (χ4n) is 4.84. The van der Waals surface area contributed by atoms with Crippen LogP contribution in [0.5, 0.6) is 0 Å². The van der Waals surface area contributed by atoms with Crippen molar-refractivity contribution in [1.82, 2.24) is 10.3 Å². The molecule has 0 spiro atoms. The number of nitrogens with zero attached hydrogens (tertiary/aromatic N) is 3. The molecular weight excluding hydrogens is 453 g/mol. The van der Waals surface area contributed by atoms with Crippen LogP contribution in [0, 0.1) is 6.92 Å². The molecule has 0 unspecified atom stereocenters. The normalized spacial score (nSPS) is 18.4. The van der Waals surface area contributed by atoms with E-state index in [1.54, 1.807) is 12.1 Å². The molecule has 2 aromatic carbocycles. The summed E-state index contributed by atoms with van der Waals surface area (Å²) in [6.07, 6.45) is -1.42. The van der Waals surface area contributed by atoms with Crippen LogP contribution in [0.3, 0.4) is 0 Å². The monoisotopic (exact) mass is 484 g/mol. The number of hydrogen-bond donors (Lipinski definition) is 1. The van der Waals surface area contributed by atoms with Crippen molar-refractivity contribution in [3.05, 3.63) is 65.4 Å². The largest absolute Gasteiger partial charge is 0.433 e. The second kappa shape index (κ2) is 9.76. The summed E-state index contributed by atoms with van der Waals surface area (Å²) in [5, 5.41) is 3.86. The van der Waals surface area contributed by atoms with Crippen LogP contribution in [0.4, 0.5) is 24.5 Å². The summed E-state index contributed by atoms with van der Waals surface area (Å²) in [5.74, 6) is -0.0837. The first-order valence-corrected chi connectivity index (χ1v) is 11.8. The molecule has 1 aliphatic rings. The van der Waals surface area contributed by atoms with Crippen LogP contribution < -0.4 is 15.1 Å². The van der Waals surface area contributed by atoms with Gasteiger partial charge in [0.2, 0.25) is 0 Å². The predicted octanol–water partition coefficient (Wildman–Crippen LogP) is 5.81. The second-order valence-corrected chi connectivity index (χ2v) is 9.52. The van der Waals surface area contributed by atoms with E-state index >= 15 is 0 Å². The summed E-state index contributed by atoms with van der Waals surface area (Å²) in [4.78, 5) is 20.7. The average Bonchev–Trinajstić information content (AvgIpc) is 2.82. The van der Waals surface area contributed by atoms with Gasteiger partial charge in [-0.25, -0.2) is 4.98 Å². The Morgan fingerprint density at radius 1 is 1.00 bits per heavy atom. The van der Waals surface area contributed by atoms with Crippen LogP contribution >= 0.6 is 0 Å². The summed E-state index contributed by atoms with van der Waals surface area (Å²) >= 11 is 0. The van der Waals surface area contributed by atoms with E-state index in [-0.39, 0.29) is 18.0 Å². The van der Waals surface area contributed by atoms with Crippen molar-refractivity contribution in [2.45, 2.75) is 50.9 Å². The van der Waals surface area contributed by atoms with Crippen LogP contribution in [0.25, 0.3) is 10.9 Å². The maximum atomic E-state index is 13.5. The van der Waals surface area contributed by atoms with Crippen molar-refractivity contribution < 1.29 is 18.0 Å². The van der Waals surface area contributed by atoms with Crippen LogP contribution in [0.15, 0.2) is 48.5 Å². The molecule has 8 heteroatoms. The van der Waals surface area contributed by atoms with E-state index in [0.29, 0.717) is 22.2 Å². The van der Waals surface area contributed by atoms with Gasteiger partial charge in [-0.05, 0) is 68.5 Å². The molecule has 4 rings (SSSR count). The Morgan fingerprint density at radius 3 is 2.31 bits per heavy atom. The Morgan fingerprint density at radius 2 is 1.69 bits per heavy atom. The molecule has 35 heavy (non-hydrogen) atoms. The number of para-hydroxylation sites is 1. The zero-order valence-electron chi connectivity index (χ0n) is 20.5. The maximum Gasteiger partial charge on any atom is 0.433 e. The molecule has 1 N–H and O–H groups in total. The molecule has 1 amide bonds. The number of anilines is 2. The number of carbonyl (C=O) groups is 1. The SMILES string of the molecule is Cc1cc(N(C)C)ccc1C(=O)NC1CCC(N(C)c2cc(C(F)(F)F)nc3ccccc23)CC1. The topological polar surface area (TPSA) is 48.5 Å². The molecule has 0 aliphatic heterocycles. The number of aryl methyl sites for hydroxylation is 1. The number of aromatic nitrogens is 1. The highest BCUT2D eigenvalue weighted by atomic mass is 19.4. The number of amides is 1. The summed E-state index contributed by atoms with van der Waals surface area (Å²) in [5.41, 5.74) is 2.62. The van der Waals surface area contributed by atoms with Crippen LogP contribution in [0.2, 0.25) is 0 Å². The van der Waals surface area contributed by atoms with Gasteiger partial charge in [-0.2, -0.15) is 13.2 Å². The van der Waals surface area contributed by atoms with Crippen LogP contribution in [-0.2, 0) is 6.18 Å². The van der Waals surface area contributed by atoms with E-state index in [2.05, 4.69) is 10.3 Å². The van der Waals surface area contributed by atoms with Gasteiger partial charge in [0, 0.05) is 55.6 Å². The van der Waals surface area contributed by atoms with Crippen molar-refractivity contribution >= 4 is 28.2 Å². The molecular formula is C27H31F3N4O. The summed E-state index contributed by atoms with van der Waals surface area (Å²) in [7, 11) is 5.77. The van der Waals surface area contributed by atoms with Gasteiger partial charge in [-0.3, -0.25) is 4.79 Å². The predicted molar refractivity (Wildman–Crippen MR) is 134 cm³/mol. The van der Waals surface area contributed by atoms with E-state index in [9.17, 15) is 18.0 Å². The van der Waals surface area contributed by atoms with Gasteiger partial charge in [0.25, 0.3) is 5.91 Å². The zero-order valence-corrected chi connectivity index (χ0v) is 20.5. The fraction of sp³-hybridized carbons (Fsp3) is 0.407. The molecule has 1 saturated carbocycles. The van der Waals surface area contributed by atoms with Gasteiger partial charge in [-0.1, -0.05) is 18.2 Å². The third-order valence-corrected chi connectivity index (χ3v) is 6.92. The van der Waals surface area contributed by atoms with Crippen molar-refractivity contribution in [1.29, 1.82) is 0 Å². The van der Waals surface area contributed by atoms with E-state index in [1.807, 2.05) is 68.2 Å². The van der Waals surface area contributed by atoms with Crippen molar-refractivity contribution in [2.24, 2.45) is 0 Å². The molecule has 1 aliphatic carbocycles. The van der Waals surface area contributed by atoms with E-state index < -0.39 is 11.9 Å². The smallest absolute Gasteiger partial charge is 0.378 e. The lowest BCUT2D eigenvalue weighted by Crippen LogP contribution is -2.43. The summed E-state index contributed by atoms with van der Waals surface area (Å²) in [6.45, 7) is 1.93. The number of nitrogens with one attached hydrogen (secondary N) is 1. The number of benzene rings is 2. The van der Waals surface area contributed by atoms with Gasteiger partial charge in [0.1, 0.15) is 5.69 Å². The molecule has 1 fully saturated rings. The highest BCUT2D eigenvalue weighted by Crippen LogP contribution is 2.36. The number of rotatable bonds is 5. The number of carbonyl (C=O) groups excluding carboxylic acids is 1. The highest BCUT2D eigenvalue weighted by molar-refractivity contribution is 5.96. The minimum Gasteiger partial charge on any atom is -0.378 e. The van der Waals surface area contributed by atoms with Crippen LogP contribution in [0.1, 0.15) is 47.3 Å².